The van der Waals surface area contributed by atoms with Crippen molar-refractivity contribution in [2.24, 2.45) is 0 Å². The van der Waals surface area contributed by atoms with Gasteiger partial charge in [0.15, 0.2) is 0 Å². The Kier molecular flexibility index (Phi) is 3.17. The Morgan fingerprint density at radius 1 is 1.12 bits per heavy atom. The van der Waals surface area contributed by atoms with Crippen molar-refractivity contribution in [1.82, 2.24) is 14.9 Å². The van der Waals surface area contributed by atoms with E-state index < -0.39 is 0 Å². The van der Waals surface area contributed by atoms with Crippen LogP contribution in [-0.2, 0) is 13.1 Å². The van der Waals surface area contributed by atoms with E-state index >= 15 is 0 Å². The van der Waals surface area contributed by atoms with E-state index in [2.05, 4.69) is 15.9 Å². The second kappa shape index (κ2) is 5.36. The molecule has 0 atom stereocenters. The van der Waals surface area contributed by atoms with E-state index in [1.54, 1.807) is 23.1 Å². The summed E-state index contributed by atoms with van der Waals surface area (Å²) in [7, 11) is 0. The number of nitrogens with zero attached hydrogens (tertiary/aromatic N) is 3. The SMILES string of the molecule is C#Cc1ccc2nc(N)nc(C(=O)N3Cc4ccccc4C3)c2c1. The molecule has 0 spiro atoms. The Labute approximate surface area is 139 Å². The van der Waals surface area contributed by atoms with Crippen LogP contribution in [0.15, 0.2) is 42.5 Å². The molecule has 4 rings (SSSR count). The van der Waals surface area contributed by atoms with Crippen molar-refractivity contribution >= 4 is 22.8 Å². The summed E-state index contributed by atoms with van der Waals surface area (Å²) < 4.78 is 0. The maximum atomic E-state index is 13.0. The molecule has 0 saturated carbocycles. The summed E-state index contributed by atoms with van der Waals surface area (Å²) in [6, 6.07) is 13.3. The maximum absolute atomic E-state index is 13.0. The highest BCUT2D eigenvalue weighted by Gasteiger charge is 2.26. The van der Waals surface area contributed by atoms with Crippen molar-refractivity contribution < 1.29 is 4.79 Å². The number of amides is 1. The minimum atomic E-state index is -0.167. The number of nitrogen functional groups attached to an aromatic ring is 1. The molecule has 0 bridgehead atoms. The number of hydrogen-bond acceptors (Lipinski definition) is 4. The zero-order chi connectivity index (χ0) is 16.7. The third kappa shape index (κ3) is 2.25. The molecule has 0 saturated heterocycles. The van der Waals surface area contributed by atoms with Crippen LogP contribution in [-0.4, -0.2) is 20.8 Å². The number of fused-ring (bicyclic) bond motifs is 2. The molecular weight excluding hydrogens is 300 g/mol. The van der Waals surface area contributed by atoms with Crippen molar-refractivity contribution in [1.29, 1.82) is 0 Å². The summed E-state index contributed by atoms with van der Waals surface area (Å²) >= 11 is 0. The van der Waals surface area contributed by atoms with Gasteiger partial charge < -0.3 is 10.6 Å². The second-order valence-electron chi connectivity index (χ2n) is 5.74. The van der Waals surface area contributed by atoms with Crippen molar-refractivity contribution in [3.8, 4) is 12.3 Å². The molecule has 5 heteroatoms. The molecule has 0 aliphatic carbocycles. The van der Waals surface area contributed by atoms with E-state index in [4.69, 9.17) is 12.2 Å². The zero-order valence-electron chi connectivity index (χ0n) is 12.9. The molecule has 0 fully saturated rings. The number of rotatable bonds is 1. The third-order valence-electron chi connectivity index (χ3n) is 4.21. The van der Waals surface area contributed by atoms with Gasteiger partial charge in [0.1, 0.15) is 5.69 Å². The highest BCUT2D eigenvalue weighted by molar-refractivity contribution is 6.05. The topological polar surface area (TPSA) is 72.1 Å². The molecule has 1 aliphatic rings. The lowest BCUT2D eigenvalue weighted by molar-refractivity contribution is 0.0747. The predicted molar refractivity (Wildman–Crippen MR) is 91.9 cm³/mol. The molecule has 116 valence electrons. The summed E-state index contributed by atoms with van der Waals surface area (Å²) in [5.74, 6) is 2.48. The largest absolute Gasteiger partial charge is 0.368 e. The van der Waals surface area contributed by atoms with Crippen LogP contribution in [0, 0.1) is 12.3 Å². The summed E-state index contributed by atoms with van der Waals surface area (Å²) in [6.07, 6.45) is 5.47. The van der Waals surface area contributed by atoms with Gasteiger partial charge in [-0.3, -0.25) is 4.79 Å². The summed E-state index contributed by atoms with van der Waals surface area (Å²) in [5, 5.41) is 0.626. The quantitative estimate of drug-likeness (QED) is 0.700. The molecule has 1 aliphatic heterocycles. The molecule has 0 radical (unpaired) electrons. The molecule has 2 heterocycles. The van der Waals surface area contributed by atoms with Crippen molar-refractivity contribution in [2.75, 3.05) is 5.73 Å². The molecule has 1 amide bonds. The van der Waals surface area contributed by atoms with Gasteiger partial charge in [-0.2, -0.15) is 0 Å². The molecule has 1 aromatic heterocycles. The van der Waals surface area contributed by atoms with Crippen LogP contribution in [0.3, 0.4) is 0 Å². The van der Waals surface area contributed by atoms with E-state index in [0.29, 0.717) is 35.2 Å². The van der Waals surface area contributed by atoms with E-state index in [1.165, 1.54) is 0 Å². The number of nitrogens with two attached hydrogens (primary N) is 1. The maximum Gasteiger partial charge on any atom is 0.273 e. The number of hydrogen-bond donors (Lipinski definition) is 1. The van der Waals surface area contributed by atoms with Crippen LogP contribution >= 0.6 is 0 Å². The molecule has 3 aromatic rings. The number of anilines is 1. The number of carbonyl (C=O) groups excluding carboxylic acids is 1. The summed E-state index contributed by atoms with van der Waals surface area (Å²) in [5.41, 5.74) is 9.67. The molecule has 0 unspecified atom stereocenters. The monoisotopic (exact) mass is 314 g/mol. The molecule has 2 N–H and O–H groups in total. The first-order chi connectivity index (χ1) is 11.7. The Morgan fingerprint density at radius 3 is 2.50 bits per heavy atom. The lowest BCUT2D eigenvalue weighted by Gasteiger charge is -2.16. The van der Waals surface area contributed by atoms with E-state index in [0.717, 1.165) is 11.1 Å². The van der Waals surface area contributed by atoms with Gasteiger partial charge in [-0.1, -0.05) is 30.2 Å². The first kappa shape index (κ1) is 14.2. The fraction of sp³-hybridized carbons (Fsp3) is 0.105. The Bertz CT molecular complexity index is 995. The van der Waals surface area contributed by atoms with Crippen molar-refractivity contribution in [2.45, 2.75) is 13.1 Å². The molecular formula is C19H14N4O. The fourth-order valence-corrected chi connectivity index (χ4v) is 3.03. The smallest absolute Gasteiger partial charge is 0.273 e. The lowest BCUT2D eigenvalue weighted by atomic mass is 10.1. The molecule has 24 heavy (non-hydrogen) atoms. The highest BCUT2D eigenvalue weighted by Crippen LogP contribution is 2.26. The van der Waals surface area contributed by atoms with Crippen LogP contribution < -0.4 is 5.73 Å². The Morgan fingerprint density at radius 2 is 1.83 bits per heavy atom. The van der Waals surface area contributed by atoms with Gasteiger partial charge in [0.25, 0.3) is 5.91 Å². The molecule has 5 nitrogen and oxygen atoms in total. The van der Waals surface area contributed by atoms with Gasteiger partial charge in [0.2, 0.25) is 5.95 Å². The minimum Gasteiger partial charge on any atom is -0.368 e. The van der Waals surface area contributed by atoms with Gasteiger partial charge >= 0.3 is 0 Å². The van der Waals surface area contributed by atoms with Crippen molar-refractivity contribution in [3.05, 3.63) is 64.8 Å². The zero-order valence-corrected chi connectivity index (χ0v) is 12.9. The Hall–Kier alpha value is -3.39. The minimum absolute atomic E-state index is 0.0796. The van der Waals surface area contributed by atoms with Crippen LogP contribution in [0.1, 0.15) is 27.2 Å². The number of aromatic nitrogens is 2. The third-order valence-corrected chi connectivity index (χ3v) is 4.21. The lowest BCUT2D eigenvalue weighted by Crippen LogP contribution is -2.27. The predicted octanol–water partition coefficient (Wildman–Crippen LogP) is 2.35. The molecule has 2 aromatic carbocycles. The van der Waals surface area contributed by atoms with Gasteiger partial charge in [-0.25, -0.2) is 9.97 Å². The van der Waals surface area contributed by atoms with Crippen LogP contribution in [0.2, 0.25) is 0 Å². The van der Waals surface area contributed by atoms with E-state index in [1.807, 2.05) is 24.3 Å². The fourth-order valence-electron chi connectivity index (χ4n) is 3.03. The van der Waals surface area contributed by atoms with E-state index in [9.17, 15) is 4.79 Å². The van der Waals surface area contributed by atoms with Crippen LogP contribution in [0.25, 0.3) is 10.9 Å². The Balaban J connectivity index is 1.79. The first-order valence-electron chi connectivity index (χ1n) is 7.55. The summed E-state index contributed by atoms with van der Waals surface area (Å²) in [4.78, 5) is 23.1. The number of benzene rings is 2. The highest BCUT2D eigenvalue weighted by atomic mass is 16.2. The van der Waals surface area contributed by atoms with Crippen LogP contribution in [0.5, 0.6) is 0 Å². The average molecular weight is 314 g/mol. The second-order valence-corrected chi connectivity index (χ2v) is 5.74. The van der Waals surface area contributed by atoms with Gasteiger partial charge in [0.05, 0.1) is 5.52 Å². The average Bonchev–Trinajstić information content (AvgIpc) is 3.04. The van der Waals surface area contributed by atoms with Gasteiger partial charge in [0, 0.05) is 24.0 Å². The standard InChI is InChI=1S/C19H14N4O/c1-2-12-7-8-16-15(9-12)17(22-19(20)21-16)18(24)23-10-13-5-3-4-6-14(13)11-23/h1,3-9H,10-11H2,(H2,20,21,22). The first-order valence-corrected chi connectivity index (χ1v) is 7.55. The number of carbonyl (C=O) groups is 1. The van der Waals surface area contributed by atoms with Gasteiger partial charge in [-0.05, 0) is 29.3 Å². The normalized spacial score (nSPS) is 12.9. The van der Waals surface area contributed by atoms with Crippen LogP contribution in [0.4, 0.5) is 5.95 Å². The summed E-state index contributed by atoms with van der Waals surface area (Å²) in [6.45, 7) is 1.13. The van der Waals surface area contributed by atoms with E-state index in [-0.39, 0.29) is 11.9 Å². The number of terminal acetylenes is 1. The van der Waals surface area contributed by atoms with Gasteiger partial charge in [-0.15, -0.1) is 6.42 Å². The van der Waals surface area contributed by atoms with Crippen molar-refractivity contribution in [3.63, 3.8) is 0 Å².